The number of aryl methyl sites for hydroxylation is 1. The highest BCUT2D eigenvalue weighted by Crippen LogP contribution is 2.35. The largest absolute Gasteiger partial charge is 0.491 e. The Balaban J connectivity index is 3.34. The van der Waals surface area contributed by atoms with Crippen LogP contribution in [-0.2, 0) is 20.2 Å². The molecule has 1 rings (SSSR count). The van der Waals surface area contributed by atoms with Crippen LogP contribution >= 0.6 is 0 Å². The third kappa shape index (κ3) is 4.69. The van der Waals surface area contributed by atoms with Gasteiger partial charge in [0, 0.05) is 12.7 Å². The maximum Gasteiger partial charge on any atom is 0.238 e. The average molecular weight is 315 g/mol. The fourth-order valence-electron chi connectivity index (χ4n) is 1.95. The molecule has 6 heteroatoms. The molecule has 0 bridgehead atoms. The molecule has 120 valence electrons. The smallest absolute Gasteiger partial charge is 0.238 e. The number of hydrogen-bond acceptors (Lipinski definition) is 4. The molecule has 0 aliphatic carbocycles. The van der Waals surface area contributed by atoms with Crippen LogP contribution in [0.1, 0.15) is 38.8 Å². The highest BCUT2D eigenvalue weighted by molar-refractivity contribution is 7.89. The Labute approximate surface area is 127 Å². The maximum atomic E-state index is 11.7. The highest BCUT2D eigenvalue weighted by Gasteiger charge is 2.24. The zero-order chi connectivity index (χ0) is 16.4. The van der Waals surface area contributed by atoms with E-state index < -0.39 is 10.0 Å². The van der Waals surface area contributed by atoms with E-state index in [0.717, 1.165) is 5.56 Å². The number of benzene rings is 1. The number of nitrogens with two attached hydrogens (primary N) is 1. The predicted molar refractivity (Wildman–Crippen MR) is 83.2 cm³/mol. The molecule has 0 saturated heterocycles. The molecule has 0 heterocycles. The molecular formula is C15H25NO4S. The lowest BCUT2D eigenvalue weighted by Crippen LogP contribution is -2.21. The van der Waals surface area contributed by atoms with Crippen LogP contribution in [0.3, 0.4) is 0 Å². The summed E-state index contributed by atoms with van der Waals surface area (Å²) in [4.78, 5) is 0.138. The lowest BCUT2D eigenvalue weighted by molar-refractivity contribution is 0.0709. The van der Waals surface area contributed by atoms with Crippen molar-refractivity contribution in [1.82, 2.24) is 0 Å². The minimum Gasteiger partial charge on any atom is -0.491 e. The van der Waals surface area contributed by atoms with Crippen molar-refractivity contribution in [2.24, 2.45) is 5.14 Å². The normalized spacial score (nSPS) is 14.0. The van der Waals surface area contributed by atoms with E-state index in [1.807, 2.05) is 27.7 Å². The molecule has 5 nitrogen and oxygen atoms in total. The minimum absolute atomic E-state index is 0.0453. The number of ether oxygens (including phenoxy) is 2. The van der Waals surface area contributed by atoms with Crippen LogP contribution < -0.4 is 9.88 Å². The number of sulfonamides is 1. The maximum absolute atomic E-state index is 11.7. The SMILES string of the molecule is COC(C)COc1cc(C)c(S(N)(=O)=O)cc1C(C)(C)C. The topological polar surface area (TPSA) is 78.6 Å². The van der Waals surface area contributed by atoms with Crippen LogP contribution in [0.4, 0.5) is 0 Å². The van der Waals surface area contributed by atoms with E-state index in [9.17, 15) is 8.42 Å². The second-order valence-electron chi connectivity index (χ2n) is 6.27. The van der Waals surface area contributed by atoms with Crippen molar-refractivity contribution < 1.29 is 17.9 Å². The second-order valence-corrected chi connectivity index (χ2v) is 7.80. The predicted octanol–water partition coefficient (Wildman–Crippen LogP) is 2.35. The molecule has 0 aromatic heterocycles. The zero-order valence-corrected chi connectivity index (χ0v) is 14.4. The molecule has 0 amide bonds. The van der Waals surface area contributed by atoms with Crippen LogP contribution in [0.5, 0.6) is 5.75 Å². The first kappa shape index (κ1) is 17.9. The van der Waals surface area contributed by atoms with Crippen molar-refractivity contribution in [2.45, 2.75) is 51.0 Å². The van der Waals surface area contributed by atoms with Crippen molar-refractivity contribution in [1.29, 1.82) is 0 Å². The average Bonchev–Trinajstić information content (AvgIpc) is 2.32. The third-order valence-electron chi connectivity index (χ3n) is 3.27. The molecule has 1 aromatic carbocycles. The molecule has 1 unspecified atom stereocenters. The Hall–Kier alpha value is -1.11. The van der Waals surface area contributed by atoms with Gasteiger partial charge in [-0.2, -0.15) is 0 Å². The number of rotatable bonds is 5. The first-order valence-electron chi connectivity index (χ1n) is 6.80. The molecule has 1 atom stereocenters. The first-order chi connectivity index (χ1) is 9.46. The van der Waals surface area contributed by atoms with Gasteiger partial charge in [-0.15, -0.1) is 0 Å². The van der Waals surface area contributed by atoms with Gasteiger partial charge < -0.3 is 9.47 Å². The van der Waals surface area contributed by atoms with Crippen LogP contribution in [-0.4, -0.2) is 28.2 Å². The Bertz CT molecular complexity index is 603. The van der Waals surface area contributed by atoms with E-state index in [0.29, 0.717) is 17.9 Å². The van der Waals surface area contributed by atoms with Crippen LogP contribution in [0.2, 0.25) is 0 Å². The summed E-state index contributed by atoms with van der Waals surface area (Å²) < 4.78 is 34.3. The third-order valence-corrected chi connectivity index (χ3v) is 4.32. The Morgan fingerprint density at radius 3 is 2.29 bits per heavy atom. The van der Waals surface area contributed by atoms with Crippen LogP contribution in [0, 0.1) is 6.92 Å². The molecule has 0 radical (unpaired) electrons. The summed E-state index contributed by atoms with van der Waals surface area (Å²) in [7, 11) is -2.13. The summed E-state index contributed by atoms with van der Waals surface area (Å²) in [5, 5.41) is 5.27. The molecule has 0 fully saturated rings. The fourth-order valence-corrected chi connectivity index (χ4v) is 2.74. The molecule has 1 aromatic rings. The zero-order valence-electron chi connectivity index (χ0n) is 13.6. The van der Waals surface area contributed by atoms with E-state index in [4.69, 9.17) is 14.6 Å². The van der Waals surface area contributed by atoms with E-state index in [1.54, 1.807) is 26.2 Å². The van der Waals surface area contributed by atoms with Gasteiger partial charge in [-0.05, 0) is 37.0 Å². The first-order valence-corrected chi connectivity index (χ1v) is 8.35. The summed E-state index contributed by atoms with van der Waals surface area (Å²) >= 11 is 0. The van der Waals surface area contributed by atoms with Gasteiger partial charge >= 0.3 is 0 Å². The van der Waals surface area contributed by atoms with Gasteiger partial charge in [0.05, 0.1) is 11.0 Å². The van der Waals surface area contributed by atoms with E-state index in [-0.39, 0.29) is 16.4 Å². The van der Waals surface area contributed by atoms with E-state index in [2.05, 4.69) is 0 Å². The molecular weight excluding hydrogens is 290 g/mol. The van der Waals surface area contributed by atoms with Crippen molar-refractivity contribution in [3.63, 3.8) is 0 Å². The van der Waals surface area contributed by atoms with Gasteiger partial charge in [-0.3, -0.25) is 0 Å². The number of primary sulfonamides is 1. The van der Waals surface area contributed by atoms with Gasteiger partial charge in [0.15, 0.2) is 0 Å². The Kier molecular flexibility index (Phi) is 5.41. The van der Waals surface area contributed by atoms with Gasteiger partial charge in [0.25, 0.3) is 0 Å². The molecule has 2 N–H and O–H groups in total. The number of methoxy groups -OCH3 is 1. The summed E-state index contributed by atoms with van der Waals surface area (Å²) in [5.41, 5.74) is 1.12. The highest BCUT2D eigenvalue weighted by atomic mass is 32.2. The van der Waals surface area contributed by atoms with Crippen LogP contribution in [0.25, 0.3) is 0 Å². The summed E-state index contributed by atoms with van der Waals surface area (Å²) in [6.07, 6.45) is -0.0453. The fraction of sp³-hybridized carbons (Fsp3) is 0.600. The molecule has 0 aliphatic heterocycles. The van der Waals surface area contributed by atoms with Gasteiger partial charge in [-0.1, -0.05) is 20.8 Å². The number of hydrogen-bond donors (Lipinski definition) is 1. The van der Waals surface area contributed by atoms with E-state index >= 15 is 0 Å². The molecule has 21 heavy (non-hydrogen) atoms. The monoisotopic (exact) mass is 315 g/mol. The van der Waals surface area contributed by atoms with Gasteiger partial charge in [-0.25, -0.2) is 13.6 Å². The quantitative estimate of drug-likeness (QED) is 0.904. The summed E-state index contributed by atoms with van der Waals surface area (Å²) in [6, 6.07) is 3.33. The summed E-state index contributed by atoms with van der Waals surface area (Å²) in [5.74, 6) is 0.663. The van der Waals surface area contributed by atoms with Crippen molar-refractivity contribution in [3.8, 4) is 5.75 Å². The minimum atomic E-state index is -3.75. The lowest BCUT2D eigenvalue weighted by atomic mass is 9.86. The van der Waals surface area contributed by atoms with Crippen molar-refractivity contribution >= 4 is 10.0 Å². The molecule has 0 spiro atoms. The molecule has 0 saturated carbocycles. The standard InChI is InChI=1S/C15H25NO4S/c1-10-7-13(20-9-11(2)19-6)12(15(3,4)5)8-14(10)21(16,17)18/h7-8,11H,9H2,1-6H3,(H2,16,17,18). The van der Waals surface area contributed by atoms with Crippen molar-refractivity contribution in [2.75, 3.05) is 13.7 Å². The van der Waals surface area contributed by atoms with Crippen molar-refractivity contribution in [3.05, 3.63) is 23.3 Å². The van der Waals surface area contributed by atoms with E-state index in [1.165, 1.54) is 0 Å². The lowest BCUT2D eigenvalue weighted by Gasteiger charge is -2.25. The van der Waals surface area contributed by atoms with Gasteiger partial charge in [0.1, 0.15) is 12.4 Å². The summed E-state index contributed by atoms with van der Waals surface area (Å²) in [6.45, 7) is 10.0. The van der Waals surface area contributed by atoms with Crippen LogP contribution in [0.15, 0.2) is 17.0 Å². The Morgan fingerprint density at radius 2 is 1.86 bits per heavy atom. The molecule has 0 aliphatic rings. The van der Waals surface area contributed by atoms with Gasteiger partial charge in [0.2, 0.25) is 10.0 Å². The Morgan fingerprint density at radius 1 is 1.29 bits per heavy atom. The second kappa shape index (κ2) is 6.34.